The molecule has 12 nitrogen and oxygen atoms in total. The highest BCUT2D eigenvalue weighted by molar-refractivity contribution is 7.99. The van der Waals surface area contributed by atoms with E-state index in [9.17, 15) is 13.2 Å². The topological polar surface area (TPSA) is 174 Å². The number of nitrogens with one attached hydrogen (secondary N) is 2. The van der Waals surface area contributed by atoms with E-state index >= 15 is 0 Å². The van der Waals surface area contributed by atoms with Gasteiger partial charge < -0.3 is 19.1 Å². The minimum atomic E-state index is -3.97. The van der Waals surface area contributed by atoms with Gasteiger partial charge in [-0.25, -0.2) is 13.4 Å². The minimum absolute atomic E-state index is 0.0352. The Hall–Kier alpha value is -3.69. The van der Waals surface area contributed by atoms with Crippen LogP contribution in [-0.4, -0.2) is 40.0 Å². The van der Waals surface area contributed by atoms with Crippen molar-refractivity contribution in [2.24, 2.45) is 0 Å². The molecule has 1 amide bonds. The lowest BCUT2D eigenvalue weighted by molar-refractivity contribution is -0.365. The summed E-state index contributed by atoms with van der Waals surface area (Å²) in [5.41, 5.74) is 7.11. The van der Waals surface area contributed by atoms with Gasteiger partial charge in [0.1, 0.15) is 17.3 Å². The number of carbonyl (C=O) groups is 1. The van der Waals surface area contributed by atoms with E-state index in [2.05, 4.69) is 37.0 Å². The van der Waals surface area contributed by atoms with Gasteiger partial charge in [0.2, 0.25) is 15.9 Å². The number of nitrogen functional groups attached to an aromatic ring is 1. The molecule has 0 bridgehead atoms. The van der Waals surface area contributed by atoms with Crippen LogP contribution in [0.25, 0.3) is 4.72 Å². The Bertz CT molecular complexity index is 1470. The summed E-state index contributed by atoms with van der Waals surface area (Å²) in [6, 6.07) is 7.10. The van der Waals surface area contributed by atoms with Crippen molar-refractivity contribution in [1.82, 2.24) is 19.9 Å². The second-order valence-corrected chi connectivity index (χ2v) is 10.9. The summed E-state index contributed by atoms with van der Waals surface area (Å²) in [6.45, 7) is 5.90. The lowest BCUT2D eigenvalue weighted by atomic mass is 10.3. The van der Waals surface area contributed by atoms with Crippen LogP contribution in [0.2, 0.25) is 0 Å². The first kappa shape index (κ1) is 25.4. The van der Waals surface area contributed by atoms with Crippen molar-refractivity contribution < 1.29 is 22.7 Å². The van der Waals surface area contributed by atoms with E-state index < -0.39 is 10.0 Å². The van der Waals surface area contributed by atoms with Gasteiger partial charge >= 0.3 is 5.13 Å². The first-order valence-corrected chi connectivity index (χ1v) is 13.8. The molecular formula is C21H22N8O4S3. The van der Waals surface area contributed by atoms with Crippen molar-refractivity contribution >= 4 is 55.7 Å². The second kappa shape index (κ2) is 10.9. The SMILES string of the molecule is C=CCn1c(Cc2csc(N)[nH+]2)nnc1SCC(=O)Nc1ccc(S(=O)(=O)[N-]c2cc(C)on2)cc1. The first-order chi connectivity index (χ1) is 17.2. The van der Waals surface area contributed by atoms with Crippen molar-refractivity contribution in [3.05, 3.63) is 70.4 Å². The molecule has 0 fully saturated rings. The van der Waals surface area contributed by atoms with Crippen LogP contribution < -0.4 is 16.0 Å². The van der Waals surface area contributed by atoms with E-state index in [4.69, 9.17) is 10.3 Å². The summed E-state index contributed by atoms with van der Waals surface area (Å²) in [5, 5.41) is 17.9. The lowest BCUT2D eigenvalue weighted by Crippen LogP contribution is -2.15. The molecule has 3 aromatic heterocycles. The molecule has 15 heteroatoms. The number of hydrogen-bond acceptors (Lipinski definition) is 10. The Labute approximate surface area is 215 Å². The van der Waals surface area contributed by atoms with Crippen LogP contribution in [0.3, 0.4) is 0 Å². The number of benzene rings is 1. The summed E-state index contributed by atoms with van der Waals surface area (Å²) >= 11 is 2.64. The van der Waals surface area contributed by atoms with Crippen molar-refractivity contribution in [2.75, 3.05) is 16.8 Å². The van der Waals surface area contributed by atoms with Gasteiger partial charge in [-0.2, -0.15) is 0 Å². The van der Waals surface area contributed by atoms with Gasteiger partial charge in [0.15, 0.2) is 5.16 Å². The van der Waals surface area contributed by atoms with E-state index in [-0.39, 0.29) is 22.4 Å². The molecule has 0 aliphatic carbocycles. The fourth-order valence-corrected chi connectivity index (χ4v) is 5.37. The van der Waals surface area contributed by atoms with E-state index in [1.54, 1.807) is 13.0 Å². The lowest BCUT2D eigenvalue weighted by Gasteiger charge is -2.12. The number of aromatic amines is 1. The fraction of sp³-hybridized carbons (Fsp3) is 0.190. The monoisotopic (exact) mass is 546 g/mol. The molecule has 0 atom stereocenters. The van der Waals surface area contributed by atoms with E-state index in [1.165, 1.54) is 53.4 Å². The second-order valence-electron chi connectivity index (χ2n) is 7.45. The molecule has 4 N–H and O–H groups in total. The number of amides is 1. The number of nitrogens with zero attached hydrogens (tertiary/aromatic N) is 5. The number of H-pyrrole nitrogens is 1. The van der Waals surface area contributed by atoms with Crippen LogP contribution in [0.4, 0.5) is 16.6 Å². The molecule has 0 aliphatic rings. The first-order valence-electron chi connectivity index (χ1n) is 10.5. The molecule has 0 unspecified atom stereocenters. The van der Waals surface area contributed by atoms with Crippen LogP contribution >= 0.6 is 23.1 Å². The highest BCUT2D eigenvalue weighted by Crippen LogP contribution is 2.28. The zero-order valence-electron chi connectivity index (χ0n) is 19.0. The molecule has 3 heterocycles. The van der Waals surface area contributed by atoms with E-state index in [1.807, 2.05) is 9.95 Å². The highest BCUT2D eigenvalue weighted by Gasteiger charge is 2.17. The zero-order chi connectivity index (χ0) is 25.7. The maximum atomic E-state index is 12.5. The van der Waals surface area contributed by atoms with Gasteiger partial charge in [-0.15, -0.1) is 16.8 Å². The van der Waals surface area contributed by atoms with Crippen LogP contribution in [0.5, 0.6) is 0 Å². The third-order valence-corrected chi connectivity index (χ3v) is 7.68. The van der Waals surface area contributed by atoms with E-state index in [0.29, 0.717) is 34.7 Å². The molecule has 0 saturated carbocycles. The molecule has 0 aliphatic heterocycles. The van der Waals surface area contributed by atoms with Gasteiger partial charge in [0, 0.05) is 17.6 Å². The number of anilines is 2. The smallest absolute Gasteiger partial charge is 0.329 e. The maximum Gasteiger partial charge on any atom is 0.329 e. The third kappa shape index (κ3) is 6.30. The quantitative estimate of drug-likeness (QED) is 0.212. The third-order valence-electron chi connectivity index (χ3n) is 4.66. The van der Waals surface area contributed by atoms with E-state index in [0.717, 1.165) is 11.5 Å². The summed E-state index contributed by atoms with van der Waals surface area (Å²) in [7, 11) is -3.97. The molecule has 4 aromatic rings. The van der Waals surface area contributed by atoms with Crippen LogP contribution in [0.1, 0.15) is 17.3 Å². The number of allylic oxidation sites excluding steroid dienone is 1. The Morgan fingerprint density at radius 2 is 2.14 bits per heavy atom. The standard InChI is InChI=1S/C21H22N8O4S3/c1-3-8-29-18(10-15-11-34-20(22)24-15)25-26-21(29)35-12-19(30)23-14-4-6-16(7-5-14)36(31,32)28-17-9-13(2)33-27-17/h3-7,9,11H,1,8,10,12H2,2H3,(H4,22,23,24,27,28,30). The Kier molecular flexibility index (Phi) is 7.71. The molecule has 36 heavy (non-hydrogen) atoms. The predicted molar refractivity (Wildman–Crippen MR) is 136 cm³/mol. The zero-order valence-corrected chi connectivity index (χ0v) is 21.5. The largest absolute Gasteiger partial charge is 0.460 e. The number of rotatable bonds is 11. The molecular weight excluding hydrogens is 524 g/mol. The predicted octanol–water partition coefficient (Wildman–Crippen LogP) is 2.93. The Morgan fingerprint density at radius 1 is 1.36 bits per heavy atom. The average molecular weight is 547 g/mol. The van der Waals surface area contributed by atoms with Gasteiger partial charge in [0.25, 0.3) is 0 Å². The summed E-state index contributed by atoms with van der Waals surface area (Å²) < 4.78 is 35.2. The highest BCUT2D eigenvalue weighted by atomic mass is 32.2. The molecule has 0 radical (unpaired) electrons. The number of sulfonamides is 1. The number of aryl methyl sites for hydroxylation is 1. The molecule has 0 saturated heterocycles. The van der Waals surface area contributed by atoms with Crippen LogP contribution in [0, 0.1) is 6.92 Å². The summed E-state index contributed by atoms with van der Waals surface area (Å²) in [5.74, 6) is 0.923. The Morgan fingerprint density at radius 3 is 2.78 bits per heavy atom. The van der Waals surface area contributed by atoms with Crippen molar-refractivity contribution in [3.8, 4) is 0 Å². The van der Waals surface area contributed by atoms with Gasteiger partial charge in [-0.1, -0.05) is 29.2 Å². The van der Waals surface area contributed by atoms with Crippen molar-refractivity contribution in [2.45, 2.75) is 29.9 Å². The molecule has 188 valence electrons. The number of carbonyl (C=O) groups excluding carboxylic acids is 1. The summed E-state index contributed by atoms with van der Waals surface area (Å²) in [6.07, 6.45) is 2.24. The van der Waals surface area contributed by atoms with Gasteiger partial charge in [-0.05, 0) is 43.1 Å². The summed E-state index contributed by atoms with van der Waals surface area (Å²) in [4.78, 5) is 15.5. The molecule has 4 rings (SSSR count). The molecule has 0 spiro atoms. The normalized spacial score (nSPS) is 11.4. The van der Waals surface area contributed by atoms with Crippen molar-refractivity contribution in [3.63, 3.8) is 0 Å². The number of thioether (sulfide) groups is 1. The number of hydrogen-bond donors (Lipinski definition) is 2. The number of nitrogens with two attached hydrogens (primary N) is 1. The van der Waals surface area contributed by atoms with Crippen LogP contribution in [0.15, 0.2) is 62.9 Å². The number of aromatic nitrogens is 5. The Balaban J connectivity index is 1.35. The maximum absolute atomic E-state index is 12.5. The molecule has 1 aromatic carbocycles. The van der Waals surface area contributed by atoms with Crippen molar-refractivity contribution in [1.29, 1.82) is 0 Å². The fourth-order valence-electron chi connectivity index (χ4n) is 3.09. The average Bonchev–Trinajstić information content (AvgIpc) is 3.54. The minimum Gasteiger partial charge on any atom is -0.460 e. The number of thiazole rings is 1. The van der Waals surface area contributed by atoms with Gasteiger partial charge in [0.05, 0.1) is 17.1 Å². The van der Waals surface area contributed by atoms with Crippen LogP contribution in [-0.2, 0) is 27.8 Å². The van der Waals surface area contributed by atoms with Gasteiger partial charge in [-0.3, -0.25) is 15.7 Å².